The first-order chi connectivity index (χ1) is 9.61. The first kappa shape index (κ1) is 12.3. The van der Waals surface area contributed by atoms with Crippen molar-refractivity contribution in [2.75, 3.05) is 11.5 Å². The molecular weight excluding hydrogens is 244 g/mol. The van der Waals surface area contributed by atoms with Crippen LogP contribution in [0.5, 0.6) is 0 Å². The van der Waals surface area contributed by atoms with Crippen LogP contribution in [-0.2, 0) is 0 Å². The molecule has 4 N–H and O–H groups in total. The average Bonchev–Trinajstić information content (AvgIpc) is 2.40. The second-order valence-corrected chi connectivity index (χ2v) is 7.33. The molecule has 0 radical (unpaired) electrons. The summed E-state index contributed by atoms with van der Waals surface area (Å²) in [5, 5.41) is 0. The van der Waals surface area contributed by atoms with Crippen molar-refractivity contribution in [2.24, 2.45) is 29.6 Å². The average molecular weight is 268 g/mol. The molecule has 106 valence electrons. The van der Waals surface area contributed by atoms with Crippen molar-refractivity contribution in [1.29, 1.82) is 0 Å². The summed E-state index contributed by atoms with van der Waals surface area (Å²) in [6.07, 6.45) is 7.23. The Kier molecular flexibility index (Phi) is 2.63. The molecule has 0 spiro atoms. The fourth-order valence-electron chi connectivity index (χ4n) is 5.46. The molecule has 5 rings (SSSR count). The fourth-order valence-corrected chi connectivity index (χ4v) is 5.46. The number of rotatable bonds is 2. The van der Waals surface area contributed by atoms with Crippen LogP contribution in [0.25, 0.3) is 5.57 Å². The number of nitrogen functional groups attached to an aromatic ring is 2. The Morgan fingerprint density at radius 3 is 2.05 bits per heavy atom. The van der Waals surface area contributed by atoms with Gasteiger partial charge in [0.2, 0.25) is 0 Å². The van der Waals surface area contributed by atoms with E-state index in [4.69, 9.17) is 11.5 Å². The Labute approximate surface area is 121 Å². The molecule has 4 fully saturated rings. The number of hydrogen-bond acceptors (Lipinski definition) is 2. The molecule has 0 atom stereocenters. The van der Waals surface area contributed by atoms with Crippen molar-refractivity contribution in [3.8, 4) is 0 Å². The van der Waals surface area contributed by atoms with Crippen molar-refractivity contribution in [2.45, 2.75) is 32.1 Å². The van der Waals surface area contributed by atoms with Crippen molar-refractivity contribution in [3.05, 3.63) is 30.3 Å². The fraction of sp³-hybridized carbons (Fsp3) is 0.556. The summed E-state index contributed by atoms with van der Waals surface area (Å²) in [4.78, 5) is 0. The molecule has 1 aromatic carbocycles. The smallest absolute Gasteiger partial charge is 0.0553 e. The normalized spacial score (nSPS) is 38.1. The van der Waals surface area contributed by atoms with Crippen LogP contribution in [0, 0.1) is 29.6 Å². The van der Waals surface area contributed by atoms with Crippen molar-refractivity contribution < 1.29 is 0 Å². The molecule has 4 bridgehead atoms. The van der Waals surface area contributed by atoms with E-state index < -0.39 is 0 Å². The van der Waals surface area contributed by atoms with Crippen molar-refractivity contribution in [1.82, 2.24) is 0 Å². The van der Waals surface area contributed by atoms with E-state index in [9.17, 15) is 0 Å². The summed E-state index contributed by atoms with van der Waals surface area (Å²) in [5.41, 5.74) is 15.7. The van der Waals surface area contributed by atoms with Gasteiger partial charge in [0.25, 0.3) is 0 Å². The third-order valence-electron chi connectivity index (χ3n) is 6.09. The zero-order valence-electron chi connectivity index (χ0n) is 12.0. The van der Waals surface area contributed by atoms with Crippen LogP contribution in [0.2, 0.25) is 0 Å². The number of anilines is 2. The SMILES string of the molecule is C=C(c1ccc(N)c(N)c1)C1C2CC3CC(C2)CC1C3. The highest BCUT2D eigenvalue weighted by atomic mass is 14.7. The molecule has 0 aromatic heterocycles. The van der Waals surface area contributed by atoms with Crippen LogP contribution in [-0.4, -0.2) is 0 Å². The predicted octanol–water partition coefficient (Wildman–Crippen LogP) is 3.94. The second-order valence-electron chi connectivity index (χ2n) is 7.33. The van der Waals surface area contributed by atoms with Crippen molar-refractivity contribution >= 4 is 16.9 Å². The lowest BCUT2D eigenvalue weighted by Gasteiger charge is -2.55. The lowest BCUT2D eigenvalue weighted by atomic mass is 9.50. The van der Waals surface area contributed by atoms with Gasteiger partial charge in [-0.25, -0.2) is 0 Å². The van der Waals surface area contributed by atoms with Gasteiger partial charge < -0.3 is 11.5 Å². The molecule has 0 saturated heterocycles. The highest BCUT2D eigenvalue weighted by Crippen LogP contribution is 2.59. The Balaban J connectivity index is 1.63. The van der Waals surface area contributed by atoms with Gasteiger partial charge in [0, 0.05) is 0 Å². The molecule has 0 aliphatic heterocycles. The molecule has 0 amide bonds. The highest BCUT2D eigenvalue weighted by Gasteiger charge is 2.48. The molecule has 4 aliphatic carbocycles. The highest BCUT2D eigenvalue weighted by molar-refractivity contribution is 5.74. The lowest BCUT2D eigenvalue weighted by molar-refractivity contribution is -0.0119. The minimum atomic E-state index is 0.673. The third kappa shape index (κ3) is 1.77. The van der Waals surface area contributed by atoms with Crippen LogP contribution < -0.4 is 11.5 Å². The van der Waals surface area contributed by atoms with Gasteiger partial charge in [0.15, 0.2) is 0 Å². The van der Waals surface area contributed by atoms with Crippen LogP contribution >= 0.6 is 0 Å². The van der Waals surface area contributed by atoms with Crippen LogP contribution in [0.4, 0.5) is 11.4 Å². The van der Waals surface area contributed by atoms with Gasteiger partial charge in [-0.2, -0.15) is 0 Å². The van der Waals surface area contributed by atoms with Gasteiger partial charge in [-0.15, -0.1) is 0 Å². The molecule has 0 unspecified atom stereocenters. The first-order valence-electron chi connectivity index (χ1n) is 7.96. The third-order valence-corrected chi connectivity index (χ3v) is 6.09. The van der Waals surface area contributed by atoms with E-state index in [1.54, 1.807) is 0 Å². The second kappa shape index (κ2) is 4.28. The molecule has 2 nitrogen and oxygen atoms in total. The topological polar surface area (TPSA) is 52.0 Å². The summed E-state index contributed by atoms with van der Waals surface area (Å²) in [6, 6.07) is 6.04. The Morgan fingerprint density at radius 2 is 1.50 bits per heavy atom. The molecule has 2 heteroatoms. The predicted molar refractivity (Wildman–Crippen MR) is 84.8 cm³/mol. The molecule has 0 heterocycles. The Bertz CT molecular complexity index is 533. The van der Waals surface area contributed by atoms with Gasteiger partial charge in [-0.05, 0) is 85.0 Å². The van der Waals surface area contributed by atoms with E-state index in [0.29, 0.717) is 17.3 Å². The Morgan fingerprint density at radius 1 is 0.900 bits per heavy atom. The molecule has 4 saturated carbocycles. The molecule has 1 aromatic rings. The quantitative estimate of drug-likeness (QED) is 0.798. The van der Waals surface area contributed by atoms with Gasteiger partial charge in [-0.1, -0.05) is 12.6 Å². The van der Waals surface area contributed by atoms with Gasteiger partial charge in [-0.3, -0.25) is 0 Å². The number of hydrogen-bond donors (Lipinski definition) is 2. The standard InChI is InChI=1S/C18H24N2/c1-10(13-2-3-16(19)17(20)9-13)18-14-5-11-4-12(7-14)8-15(18)6-11/h2-3,9,11-12,14-15,18H,1,4-8,19-20H2. The van der Waals surface area contributed by atoms with E-state index in [0.717, 1.165) is 23.7 Å². The van der Waals surface area contributed by atoms with Crippen molar-refractivity contribution in [3.63, 3.8) is 0 Å². The van der Waals surface area contributed by atoms with Crippen LogP contribution in [0.1, 0.15) is 37.7 Å². The number of nitrogens with two attached hydrogens (primary N) is 2. The summed E-state index contributed by atoms with van der Waals surface area (Å²) in [7, 11) is 0. The van der Waals surface area contributed by atoms with E-state index in [1.165, 1.54) is 43.2 Å². The first-order valence-corrected chi connectivity index (χ1v) is 7.96. The number of allylic oxidation sites excluding steroid dienone is 1. The van der Waals surface area contributed by atoms with E-state index in [-0.39, 0.29) is 0 Å². The minimum Gasteiger partial charge on any atom is -0.397 e. The lowest BCUT2D eigenvalue weighted by Crippen LogP contribution is -2.45. The summed E-state index contributed by atoms with van der Waals surface area (Å²) in [6.45, 7) is 4.45. The maximum absolute atomic E-state index is 5.97. The van der Waals surface area contributed by atoms with Gasteiger partial charge in [0.1, 0.15) is 0 Å². The van der Waals surface area contributed by atoms with Gasteiger partial charge in [0.05, 0.1) is 11.4 Å². The monoisotopic (exact) mass is 268 g/mol. The maximum Gasteiger partial charge on any atom is 0.0553 e. The van der Waals surface area contributed by atoms with E-state index in [1.807, 2.05) is 12.1 Å². The Hall–Kier alpha value is -1.44. The molecular formula is C18H24N2. The maximum atomic E-state index is 5.97. The number of benzene rings is 1. The minimum absolute atomic E-state index is 0.673. The molecule has 4 aliphatic rings. The largest absolute Gasteiger partial charge is 0.397 e. The summed E-state index contributed by atoms with van der Waals surface area (Å²) in [5.74, 6) is 4.46. The summed E-state index contributed by atoms with van der Waals surface area (Å²) < 4.78 is 0. The van der Waals surface area contributed by atoms with E-state index >= 15 is 0 Å². The van der Waals surface area contributed by atoms with Crippen LogP contribution in [0.3, 0.4) is 0 Å². The molecule has 20 heavy (non-hydrogen) atoms. The van der Waals surface area contributed by atoms with Gasteiger partial charge >= 0.3 is 0 Å². The van der Waals surface area contributed by atoms with Crippen LogP contribution in [0.15, 0.2) is 24.8 Å². The zero-order valence-corrected chi connectivity index (χ0v) is 12.0. The summed E-state index contributed by atoms with van der Waals surface area (Å²) >= 11 is 0. The van der Waals surface area contributed by atoms with E-state index in [2.05, 4.69) is 12.6 Å². The zero-order chi connectivity index (χ0) is 13.9.